The number of methoxy groups -OCH3 is 1. The molecule has 2 aromatic heterocycles. The number of fused-ring (bicyclic) bond motifs is 1. The van der Waals surface area contributed by atoms with Crippen molar-refractivity contribution >= 4 is 22.8 Å². The van der Waals surface area contributed by atoms with Crippen LogP contribution in [0.25, 0.3) is 11.0 Å². The highest BCUT2D eigenvalue weighted by Gasteiger charge is 2.18. The van der Waals surface area contributed by atoms with Crippen molar-refractivity contribution in [2.75, 3.05) is 37.9 Å². The highest BCUT2D eigenvalue weighted by Crippen LogP contribution is 2.31. The van der Waals surface area contributed by atoms with E-state index in [1.807, 2.05) is 11.6 Å². The molecule has 166 valence electrons. The summed E-state index contributed by atoms with van der Waals surface area (Å²) < 4.78 is 13.0. The molecule has 0 unspecified atom stereocenters. The Kier molecular flexibility index (Phi) is 6.86. The molecule has 0 amide bonds. The van der Waals surface area contributed by atoms with Gasteiger partial charge in [-0.1, -0.05) is 31.4 Å². The minimum absolute atomic E-state index is 0.222. The number of aryl methyl sites for hydroxylation is 1. The van der Waals surface area contributed by atoms with E-state index in [1.165, 1.54) is 31.2 Å². The van der Waals surface area contributed by atoms with Crippen LogP contribution in [-0.4, -0.2) is 46.6 Å². The van der Waals surface area contributed by atoms with Gasteiger partial charge in [-0.2, -0.15) is 10.1 Å². The van der Waals surface area contributed by atoms with Gasteiger partial charge in [-0.3, -0.25) is 4.68 Å². The van der Waals surface area contributed by atoms with Crippen molar-refractivity contribution in [3.05, 3.63) is 35.5 Å². The molecule has 31 heavy (non-hydrogen) atoms. The van der Waals surface area contributed by atoms with Crippen molar-refractivity contribution in [1.82, 2.24) is 19.7 Å². The second-order valence-electron chi connectivity index (χ2n) is 8.07. The van der Waals surface area contributed by atoms with Crippen LogP contribution in [-0.2, 0) is 17.7 Å². The summed E-state index contributed by atoms with van der Waals surface area (Å²) in [4.78, 5) is 8.73. The third-order valence-corrected chi connectivity index (χ3v) is 5.99. The lowest BCUT2D eigenvalue weighted by atomic mass is 9.81. The van der Waals surface area contributed by atoms with Crippen molar-refractivity contribution in [1.29, 1.82) is 0 Å². The molecular formula is C23H32N6O2. The SMILES string of the molecule is CCOCCNc1nc(N)nc2cnn(Cc3ccc(CCC4CCC4)cc3OC)c12. The quantitative estimate of drug-likeness (QED) is 0.453. The van der Waals surface area contributed by atoms with Crippen LogP contribution in [0, 0.1) is 5.92 Å². The summed E-state index contributed by atoms with van der Waals surface area (Å²) in [5, 5.41) is 7.85. The third-order valence-electron chi connectivity index (χ3n) is 5.99. The highest BCUT2D eigenvalue weighted by molar-refractivity contribution is 5.86. The van der Waals surface area contributed by atoms with Crippen LogP contribution in [0.2, 0.25) is 0 Å². The van der Waals surface area contributed by atoms with Crippen LogP contribution < -0.4 is 15.8 Å². The van der Waals surface area contributed by atoms with E-state index in [0.29, 0.717) is 37.6 Å². The molecule has 1 fully saturated rings. The van der Waals surface area contributed by atoms with Gasteiger partial charge in [-0.15, -0.1) is 0 Å². The molecule has 0 saturated heterocycles. The van der Waals surface area contributed by atoms with E-state index >= 15 is 0 Å². The van der Waals surface area contributed by atoms with Crippen LogP contribution in [0.4, 0.5) is 11.8 Å². The number of nitrogens with two attached hydrogens (primary N) is 1. The molecule has 1 saturated carbocycles. The average molecular weight is 425 g/mol. The third kappa shape index (κ3) is 5.07. The number of aromatic nitrogens is 4. The van der Waals surface area contributed by atoms with Crippen molar-refractivity contribution in [2.24, 2.45) is 5.92 Å². The lowest BCUT2D eigenvalue weighted by Crippen LogP contribution is -2.13. The van der Waals surface area contributed by atoms with E-state index in [1.54, 1.807) is 13.3 Å². The van der Waals surface area contributed by atoms with Gasteiger partial charge in [-0.25, -0.2) is 4.98 Å². The number of hydrogen-bond donors (Lipinski definition) is 2. The molecule has 0 bridgehead atoms. The molecule has 0 atom stereocenters. The second kappa shape index (κ2) is 9.96. The smallest absolute Gasteiger partial charge is 0.222 e. The lowest BCUT2D eigenvalue weighted by Gasteiger charge is -2.25. The summed E-state index contributed by atoms with van der Waals surface area (Å²) in [6, 6.07) is 6.51. The first-order valence-electron chi connectivity index (χ1n) is 11.1. The molecular weight excluding hydrogens is 392 g/mol. The van der Waals surface area contributed by atoms with Gasteiger partial charge >= 0.3 is 0 Å². The van der Waals surface area contributed by atoms with Gasteiger partial charge < -0.3 is 20.5 Å². The molecule has 2 heterocycles. The molecule has 8 heteroatoms. The number of benzene rings is 1. The normalized spacial score (nSPS) is 14.0. The first-order chi connectivity index (χ1) is 15.2. The molecule has 1 aromatic carbocycles. The van der Waals surface area contributed by atoms with Crippen LogP contribution in [0.5, 0.6) is 5.75 Å². The minimum Gasteiger partial charge on any atom is -0.496 e. The molecule has 4 rings (SSSR count). The number of hydrogen-bond acceptors (Lipinski definition) is 7. The van der Waals surface area contributed by atoms with Crippen LogP contribution in [0.1, 0.15) is 43.7 Å². The Morgan fingerprint density at radius 2 is 2.13 bits per heavy atom. The fraction of sp³-hybridized carbons (Fsp3) is 0.522. The average Bonchev–Trinajstić information content (AvgIpc) is 3.13. The Hall–Kier alpha value is -2.87. The van der Waals surface area contributed by atoms with Gasteiger partial charge in [0.25, 0.3) is 0 Å². The fourth-order valence-corrected chi connectivity index (χ4v) is 4.03. The predicted molar refractivity (Wildman–Crippen MR) is 122 cm³/mol. The van der Waals surface area contributed by atoms with Crippen LogP contribution >= 0.6 is 0 Å². The number of nitrogens with zero attached hydrogens (tertiary/aromatic N) is 4. The summed E-state index contributed by atoms with van der Waals surface area (Å²) in [6.45, 7) is 4.43. The van der Waals surface area contributed by atoms with Gasteiger partial charge in [0.05, 0.1) is 26.5 Å². The summed E-state index contributed by atoms with van der Waals surface area (Å²) >= 11 is 0. The number of nitrogen functional groups attached to an aromatic ring is 1. The van der Waals surface area contributed by atoms with Gasteiger partial charge in [-0.05, 0) is 37.3 Å². The maximum absolute atomic E-state index is 5.89. The number of nitrogens with one attached hydrogen (secondary N) is 1. The maximum Gasteiger partial charge on any atom is 0.222 e. The summed E-state index contributed by atoms with van der Waals surface area (Å²) in [5.74, 6) is 2.68. The summed E-state index contributed by atoms with van der Waals surface area (Å²) in [6.07, 6.45) is 8.25. The van der Waals surface area contributed by atoms with E-state index in [-0.39, 0.29) is 5.95 Å². The van der Waals surface area contributed by atoms with Gasteiger partial charge in [0.1, 0.15) is 16.8 Å². The Morgan fingerprint density at radius 3 is 2.87 bits per heavy atom. The predicted octanol–water partition coefficient (Wildman–Crippen LogP) is 3.65. The zero-order valence-electron chi connectivity index (χ0n) is 18.4. The van der Waals surface area contributed by atoms with Crippen molar-refractivity contribution in [2.45, 2.75) is 45.6 Å². The zero-order valence-corrected chi connectivity index (χ0v) is 18.4. The topological polar surface area (TPSA) is 100 Å². The Labute approximate surface area is 183 Å². The minimum atomic E-state index is 0.222. The van der Waals surface area contributed by atoms with E-state index < -0.39 is 0 Å². The maximum atomic E-state index is 5.89. The van der Waals surface area contributed by atoms with Crippen LogP contribution in [0.3, 0.4) is 0 Å². The number of anilines is 2. The zero-order chi connectivity index (χ0) is 21.6. The molecule has 3 N–H and O–H groups in total. The highest BCUT2D eigenvalue weighted by atomic mass is 16.5. The number of rotatable bonds is 11. The summed E-state index contributed by atoms with van der Waals surface area (Å²) in [7, 11) is 1.72. The van der Waals surface area contributed by atoms with Crippen molar-refractivity contribution < 1.29 is 9.47 Å². The van der Waals surface area contributed by atoms with E-state index in [2.05, 4.69) is 38.6 Å². The Bertz CT molecular complexity index is 1010. The van der Waals surface area contributed by atoms with Crippen molar-refractivity contribution in [3.8, 4) is 5.75 Å². The van der Waals surface area contributed by atoms with E-state index in [4.69, 9.17) is 15.2 Å². The Morgan fingerprint density at radius 1 is 1.26 bits per heavy atom. The molecule has 3 aromatic rings. The van der Waals surface area contributed by atoms with Crippen LogP contribution in [0.15, 0.2) is 24.4 Å². The van der Waals surface area contributed by atoms with Gasteiger partial charge in [0.2, 0.25) is 5.95 Å². The molecule has 8 nitrogen and oxygen atoms in total. The molecule has 0 radical (unpaired) electrons. The van der Waals surface area contributed by atoms with Gasteiger partial charge in [0.15, 0.2) is 5.82 Å². The molecule has 1 aliphatic carbocycles. The first-order valence-corrected chi connectivity index (χ1v) is 11.1. The second-order valence-corrected chi connectivity index (χ2v) is 8.07. The van der Waals surface area contributed by atoms with E-state index in [0.717, 1.165) is 29.2 Å². The molecule has 1 aliphatic rings. The van der Waals surface area contributed by atoms with Crippen molar-refractivity contribution in [3.63, 3.8) is 0 Å². The lowest BCUT2D eigenvalue weighted by molar-refractivity contribution is 0.158. The molecule has 0 spiro atoms. The number of ether oxygens (including phenoxy) is 2. The first kappa shape index (κ1) is 21.4. The Balaban J connectivity index is 1.54. The van der Waals surface area contributed by atoms with E-state index in [9.17, 15) is 0 Å². The fourth-order valence-electron chi connectivity index (χ4n) is 4.03. The summed E-state index contributed by atoms with van der Waals surface area (Å²) in [5.41, 5.74) is 9.82. The van der Waals surface area contributed by atoms with Gasteiger partial charge in [0, 0.05) is 18.7 Å². The largest absolute Gasteiger partial charge is 0.496 e. The molecule has 0 aliphatic heterocycles. The standard InChI is InChI=1S/C23H32N6O2/c1-3-31-12-11-25-22-21-19(27-23(24)28-22)14-26-29(21)15-18-10-9-17(13-20(18)30-2)8-7-16-5-4-6-16/h9-10,13-14,16H,3-8,11-12,15H2,1-2H3,(H3,24,25,27,28). The monoisotopic (exact) mass is 424 g/mol.